The van der Waals surface area contributed by atoms with Crippen LogP contribution in [-0.4, -0.2) is 51.8 Å². The molecular weight excluding hydrogens is 378 g/mol. The molecule has 0 radical (unpaired) electrons. The fourth-order valence-corrected chi connectivity index (χ4v) is 3.79. The summed E-state index contributed by atoms with van der Waals surface area (Å²) in [4.78, 5) is 16.1. The van der Waals surface area contributed by atoms with E-state index in [1.54, 1.807) is 0 Å². The predicted molar refractivity (Wildman–Crippen MR) is 110 cm³/mol. The molecule has 0 unspecified atom stereocenters. The number of amides is 1. The van der Waals surface area contributed by atoms with Crippen molar-refractivity contribution in [2.45, 2.75) is 6.42 Å². The monoisotopic (exact) mass is 402 g/mol. The first-order chi connectivity index (χ1) is 13.7. The lowest BCUT2D eigenvalue weighted by Crippen LogP contribution is -3.15. The Morgan fingerprint density at radius 2 is 1.86 bits per heavy atom. The molecule has 0 spiro atoms. The van der Waals surface area contributed by atoms with Crippen molar-refractivity contribution in [3.05, 3.63) is 47.5 Å². The van der Waals surface area contributed by atoms with E-state index in [0.29, 0.717) is 25.5 Å². The summed E-state index contributed by atoms with van der Waals surface area (Å²) in [6.07, 6.45) is 0.862. The molecule has 1 fully saturated rings. The number of benzene rings is 2. The molecule has 2 aliphatic rings. The van der Waals surface area contributed by atoms with E-state index in [0.717, 1.165) is 54.7 Å². The van der Waals surface area contributed by atoms with Gasteiger partial charge in [-0.1, -0.05) is 17.7 Å². The predicted octanol–water partition coefficient (Wildman–Crippen LogP) is 1.84. The van der Waals surface area contributed by atoms with Crippen molar-refractivity contribution in [3.8, 4) is 11.5 Å². The Balaban J connectivity index is 1.28. The number of halogens is 1. The van der Waals surface area contributed by atoms with Crippen LogP contribution in [0.4, 0.5) is 11.4 Å². The fraction of sp³-hybridized carbons (Fsp3) is 0.381. The Labute approximate surface area is 170 Å². The van der Waals surface area contributed by atoms with Gasteiger partial charge in [-0.25, -0.2) is 0 Å². The van der Waals surface area contributed by atoms with Crippen LogP contribution in [0.1, 0.15) is 6.42 Å². The van der Waals surface area contributed by atoms with E-state index in [1.807, 2.05) is 36.4 Å². The van der Waals surface area contributed by atoms with E-state index in [1.165, 1.54) is 4.90 Å². The van der Waals surface area contributed by atoms with Crippen molar-refractivity contribution in [2.24, 2.45) is 0 Å². The third-order valence-electron chi connectivity index (χ3n) is 5.09. The number of hydrogen-bond acceptors (Lipinski definition) is 4. The first-order valence-corrected chi connectivity index (χ1v) is 10.1. The summed E-state index contributed by atoms with van der Waals surface area (Å²) in [7, 11) is 0. The number of nitrogens with one attached hydrogen (secondary N) is 2. The summed E-state index contributed by atoms with van der Waals surface area (Å²) < 4.78 is 11.3. The maximum atomic E-state index is 12.5. The highest BCUT2D eigenvalue weighted by molar-refractivity contribution is 6.30. The van der Waals surface area contributed by atoms with Gasteiger partial charge in [0.2, 0.25) is 0 Å². The van der Waals surface area contributed by atoms with Crippen LogP contribution in [0.25, 0.3) is 0 Å². The van der Waals surface area contributed by atoms with Gasteiger partial charge in [0.1, 0.15) is 0 Å². The van der Waals surface area contributed by atoms with Gasteiger partial charge in [-0.15, -0.1) is 0 Å². The quantitative estimate of drug-likeness (QED) is 0.819. The molecular formula is C21H25ClN3O3+. The number of rotatable bonds is 4. The highest BCUT2D eigenvalue weighted by Crippen LogP contribution is 2.32. The van der Waals surface area contributed by atoms with Crippen molar-refractivity contribution in [2.75, 3.05) is 56.2 Å². The molecule has 2 aromatic carbocycles. The zero-order chi connectivity index (χ0) is 19.3. The zero-order valence-electron chi connectivity index (χ0n) is 15.7. The Bertz CT molecular complexity index is 837. The molecule has 28 heavy (non-hydrogen) atoms. The molecule has 4 rings (SSSR count). The number of fused-ring (bicyclic) bond motifs is 1. The molecule has 0 saturated carbocycles. The highest BCUT2D eigenvalue weighted by Gasteiger charge is 2.23. The van der Waals surface area contributed by atoms with Crippen molar-refractivity contribution < 1.29 is 19.2 Å². The number of carbonyl (C=O) groups is 1. The smallest absolute Gasteiger partial charge is 0.279 e. The van der Waals surface area contributed by atoms with Crippen molar-refractivity contribution >= 4 is 28.9 Å². The maximum absolute atomic E-state index is 12.5. The minimum absolute atomic E-state index is 0.0145. The summed E-state index contributed by atoms with van der Waals surface area (Å²) >= 11 is 6.09. The van der Waals surface area contributed by atoms with Crippen LogP contribution in [0, 0.1) is 0 Å². The van der Waals surface area contributed by atoms with E-state index in [4.69, 9.17) is 21.1 Å². The second kappa shape index (κ2) is 8.71. The normalized spacial score (nSPS) is 17.1. The number of quaternary nitrogens is 1. The van der Waals surface area contributed by atoms with Gasteiger partial charge in [-0.05, 0) is 30.3 Å². The molecule has 2 N–H and O–H groups in total. The molecule has 2 aromatic rings. The molecule has 2 aliphatic heterocycles. The third-order valence-corrected chi connectivity index (χ3v) is 5.32. The lowest BCUT2D eigenvalue weighted by Gasteiger charge is -2.33. The topological polar surface area (TPSA) is 55.2 Å². The van der Waals surface area contributed by atoms with E-state index in [-0.39, 0.29) is 5.91 Å². The summed E-state index contributed by atoms with van der Waals surface area (Å²) in [6.45, 7) is 5.40. The molecule has 0 atom stereocenters. The first kappa shape index (κ1) is 18.9. The van der Waals surface area contributed by atoms with Crippen molar-refractivity contribution in [1.29, 1.82) is 0 Å². The van der Waals surface area contributed by atoms with Gasteiger partial charge in [-0.2, -0.15) is 0 Å². The fourth-order valence-electron chi connectivity index (χ4n) is 3.60. The molecule has 1 amide bonds. The Morgan fingerprint density at radius 3 is 2.64 bits per heavy atom. The minimum atomic E-state index is 0.0145. The van der Waals surface area contributed by atoms with Gasteiger partial charge in [-0.3, -0.25) is 4.79 Å². The van der Waals surface area contributed by atoms with Gasteiger partial charge in [0.25, 0.3) is 5.91 Å². The lowest BCUT2D eigenvalue weighted by molar-refractivity contribution is -0.892. The highest BCUT2D eigenvalue weighted by atomic mass is 35.5. The number of nitrogens with zero attached hydrogens (tertiary/aromatic N) is 1. The summed E-state index contributed by atoms with van der Waals surface area (Å²) in [5.74, 6) is 1.44. The van der Waals surface area contributed by atoms with Crippen LogP contribution in [0.5, 0.6) is 11.5 Å². The van der Waals surface area contributed by atoms with Gasteiger partial charge in [0.05, 0.1) is 39.4 Å². The zero-order valence-corrected chi connectivity index (χ0v) is 16.5. The lowest BCUT2D eigenvalue weighted by atomic mass is 10.2. The standard InChI is InChI=1S/C21H24ClN3O3/c22-16-3-1-4-18(13-16)25-9-7-24(8-10-25)15-21(26)23-17-5-6-19-20(14-17)28-12-2-11-27-19/h1,3-6,13-14H,2,7-12,15H2,(H,23,26)/p+1. The average Bonchev–Trinajstić information content (AvgIpc) is 2.93. The largest absolute Gasteiger partial charge is 0.490 e. The maximum Gasteiger partial charge on any atom is 0.279 e. The number of piperazine rings is 1. The molecule has 6 nitrogen and oxygen atoms in total. The molecule has 1 saturated heterocycles. The van der Waals surface area contributed by atoms with Crippen LogP contribution in [-0.2, 0) is 4.79 Å². The number of carbonyl (C=O) groups excluding carboxylic acids is 1. The van der Waals surface area contributed by atoms with Crippen LogP contribution < -0.4 is 24.6 Å². The second-order valence-electron chi connectivity index (χ2n) is 7.15. The Kier molecular flexibility index (Phi) is 5.88. The van der Waals surface area contributed by atoms with Crippen LogP contribution in [0.3, 0.4) is 0 Å². The van der Waals surface area contributed by atoms with Gasteiger partial charge in [0.15, 0.2) is 18.0 Å². The SMILES string of the molecule is O=C(C[NH+]1CCN(c2cccc(Cl)c2)CC1)Nc1ccc2c(c1)OCCCO2. The number of anilines is 2. The van der Waals surface area contributed by atoms with Gasteiger partial charge in [0, 0.05) is 28.9 Å². The molecule has 7 heteroatoms. The van der Waals surface area contributed by atoms with Gasteiger partial charge < -0.3 is 24.6 Å². The van der Waals surface area contributed by atoms with E-state index < -0.39 is 0 Å². The third kappa shape index (κ3) is 4.69. The van der Waals surface area contributed by atoms with Crippen molar-refractivity contribution in [1.82, 2.24) is 0 Å². The van der Waals surface area contributed by atoms with E-state index >= 15 is 0 Å². The summed E-state index contributed by atoms with van der Waals surface area (Å²) in [6, 6.07) is 13.5. The van der Waals surface area contributed by atoms with E-state index in [2.05, 4.69) is 16.3 Å². The van der Waals surface area contributed by atoms with Gasteiger partial charge >= 0.3 is 0 Å². The summed E-state index contributed by atoms with van der Waals surface area (Å²) in [5.41, 5.74) is 1.88. The molecule has 2 heterocycles. The molecule has 0 bridgehead atoms. The average molecular weight is 403 g/mol. The van der Waals surface area contributed by atoms with E-state index in [9.17, 15) is 4.79 Å². The molecule has 0 aliphatic carbocycles. The number of hydrogen-bond donors (Lipinski definition) is 2. The minimum Gasteiger partial charge on any atom is -0.490 e. The second-order valence-corrected chi connectivity index (χ2v) is 7.59. The Hall–Kier alpha value is -2.44. The molecule has 148 valence electrons. The first-order valence-electron chi connectivity index (χ1n) is 9.71. The Morgan fingerprint density at radius 1 is 1.07 bits per heavy atom. The van der Waals surface area contributed by atoms with Crippen LogP contribution >= 0.6 is 11.6 Å². The van der Waals surface area contributed by atoms with Crippen molar-refractivity contribution in [3.63, 3.8) is 0 Å². The summed E-state index contributed by atoms with van der Waals surface area (Å²) in [5, 5.41) is 3.74. The molecule has 0 aromatic heterocycles. The van der Waals surface area contributed by atoms with Crippen LogP contribution in [0.15, 0.2) is 42.5 Å². The van der Waals surface area contributed by atoms with Crippen LogP contribution in [0.2, 0.25) is 5.02 Å². The number of ether oxygens (including phenoxy) is 2.